The minimum absolute atomic E-state index is 0.194. The third-order valence-electron chi connectivity index (χ3n) is 3.53. The summed E-state index contributed by atoms with van der Waals surface area (Å²) in [4.78, 5) is 14.4. The lowest BCUT2D eigenvalue weighted by atomic mass is 10.1. The van der Waals surface area contributed by atoms with Gasteiger partial charge in [0, 0.05) is 23.2 Å². The molecule has 20 heavy (non-hydrogen) atoms. The number of aromatic nitrogens is 1. The van der Waals surface area contributed by atoms with E-state index in [0.29, 0.717) is 6.54 Å². The molecule has 0 aliphatic carbocycles. The Balaban J connectivity index is 2.17. The van der Waals surface area contributed by atoms with Crippen molar-refractivity contribution in [2.75, 3.05) is 11.4 Å². The van der Waals surface area contributed by atoms with E-state index in [2.05, 4.69) is 20.8 Å². The van der Waals surface area contributed by atoms with Crippen LogP contribution in [0.15, 0.2) is 39.6 Å². The van der Waals surface area contributed by atoms with Crippen molar-refractivity contribution in [3.05, 3.63) is 56.3 Å². The maximum absolute atomic E-state index is 12.3. The molecule has 1 aliphatic heterocycles. The molecular weight excluding hydrogens is 318 g/mol. The van der Waals surface area contributed by atoms with Crippen LogP contribution in [-0.2, 0) is 6.54 Å². The van der Waals surface area contributed by atoms with Crippen LogP contribution in [0.25, 0.3) is 0 Å². The number of fused-ring (bicyclic) bond motifs is 1. The summed E-state index contributed by atoms with van der Waals surface area (Å²) in [5.41, 5.74) is 1.81. The Morgan fingerprint density at radius 3 is 2.80 bits per heavy atom. The predicted molar refractivity (Wildman–Crippen MR) is 81.3 cm³/mol. The van der Waals surface area contributed by atoms with Crippen molar-refractivity contribution in [2.45, 2.75) is 13.5 Å². The molecule has 1 aromatic heterocycles. The van der Waals surface area contributed by atoms with Crippen LogP contribution >= 0.6 is 15.9 Å². The van der Waals surface area contributed by atoms with Crippen molar-refractivity contribution >= 4 is 27.4 Å². The Morgan fingerprint density at radius 2 is 2.10 bits per heavy atom. The van der Waals surface area contributed by atoms with Gasteiger partial charge in [0.05, 0.1) is 0 Å². The first-order valence-electron chi connectivity index (χ1n) is 6.29. The molecule has 0 saturated carbocycles. The van der Waals surface area contributed by atoms with Gasteiger partial charge in [0.25, 0.3) is 5.56 Å². The van der Waals surface area contributed by atoms with Crippen LogP contribution in [0.5, 0.6) is 0 Å². The Bertz CT molecular complexity index is 789. The lowest BCUT2D eigenvalue weighted by molar-refractivity contribution is 0.763. The largest absolute Gasteiger partial charge is 0.326 e. The number of halogens is 1. The predicted octanol–water partition coefficient (Wildman–Crippen LogP) is 2.94. The normalized spacial score (nSPS) is 13.2. The van der Waals surface area contributed by atoms with Crippen molar-refractivity contribution in [1.82, 2.24) is 4.57 Å². The summed E-state index contributed by atoms with van der Waals surface area (Å²) < 4.78 is 2.67. The van der Waals surface area contributed by atoms with Crippen LogP contribution in [0.2, 0.25) is 0 Å². The maximum Gasteiger partial charge on any atom is 0.270 e. The van der Waals surface area contributed by atoms with Gasteiger partial charge in [0.1, 0.15) is 17.5 Å². The molecule has 0 spiro atoms. The highest BCUT2D eigenvalue weighted by Crippen LogP contribution is 2.31. The highest BCUT2D eigenvalue weighted by atomic mass is 79.9. The van der Waals surface area contributed by atoms with Gasteiger partial charge < -0.3 is 4.90 Å². The molecule has 1 aromatic carbocycles. The van der Waals surface area contributed by atoms with E-state index in [-0.39, 0.29) is 11.1 Å². The number of benzene rings is 1. The molecule has 0 radical (unpaired) electrons. The second-order valence-corrected chi connectivity index (χ2v) is 5.68. The molecule has 0 atom stereocenters. The number of nitriles is 1. The van der Waals surface area contributed by atoms with Crippen LogP contribution in [0.3, 0.4) is 0 Å². The van der Waals surface area contributed by atoms with E-state index < -0.39 is 0 Å². The summed E-state index contributed by atoms with van der Waals surface area (Å²) in [6.07, 6.45) is 0. The Labute approximate surface area is 125 Å². The van der Waals surface area contributed by atoms with E-state index in [1.165, 1.54) is 0 Å². The molecule has 0 amide bonds. The number of pyridine rings is 1. The number of aryl methyl sites for hydroxylation is 1. The first-order chi connectivity index (χ1) is 9.61. The molecule has 0 unspecified atom stereocenters. The molecule has 5 heteroatoms. The molecule has 0 saturated heterocycles. The van der Waals surface area contributed by atoms with Crippen LogP contribution in [0, 0.1) is 18.3 Å². The fourth-order valence-corrected chi connectivity index (χ4v) is 2.93. The van der Waals surface area contributed by atoms with Gasteiger partial charge in [0.15, 0.2) is 0 Å². The number of anilines is 2. The van der Waals surface area contributed by atoms with Crippen molar-refractivity contribution < 1.29 is 0 Å². The average molecular weight is 330 g/mol. The zero-order chi connectivity index (χ0) is 14.3. The highest BCUT2D eigenvalue weighted by Gasteiger charge is 2.23. The van der Waals surface area contributed by atoms with E-state index >= 15 is 0 Å². The summed E-state index contributed by atoms with van der Waals surface area (Å²) in [7, 11) is 0. The van der Waals surface area contributed by atoms with Crippen molar-refractivity contribution in [3.63, 3.8) is 0 Å². The minimum atomic E-state index is -0.194. The third-order valence-corrected chi connectivity index (χ3v) is 4.02. The van der Waals surface area contributed by atoms with Crippen molar-refractivity contribution in [3.8, 4) is 6.07 Å². The molecule has 2 heterocycles. The smallest absolute Gasteiger partial charge is 0.270 e. The second-order valence-electron chi connectivity index (χ2n) is 4.76. The highest BCUT2D eigenvalue weighted by molar-refractivity contribution is 9.10. The van der Waals surface area contributed by atoms with Gasteiger partial charge in [0.2, 0.25) is 0 Å². The van der Waals surface area contributed by atoms with E-state index in [0.717, 1.165) is 28.1 Å². The van der Waals surface area contributed by atoms with E-state index in [1.54, 1.807) is 11.5 Å². The summed E-state index contributed by atoms with van der Waals surface area (Å²) >= 11 is 3.46. The number of rotatable bonds is 1. The number of nitrogens with zero attached hydrogens (tertiary/aromatic N) is 3. The maximum atomic E-state index is 12.3. The monoisotopic (exact) mass is 329 g/mol. The molecule has 2 aromatic rings. The molecule has 0 N–H and O–H groups in total. The van der Waals surface area contributed by atoms with Crippen molar-refractivity contribution in [2.24, 2.45) is 0 Å². The van der Waals surface area contributed by atoms with Gasteiger partial charge in [-0.25, -0.2) is 0 Å². The second kappa shape index (κ2) is 4.80. The zero-order valence-electron chi connectivity index (χ0n) is 10.9. The molecule has 3 rings (SSSR count). The number of hydrogen-bond donors (Lipinski definition) is 0. The molecule has 0 bridgehead atoms. The SMILES string of the molecule is Cc1cc2n(c(=O)c1C#N)CCN2c1cccc(Br)c1. The fraction of sp³-hybridized carbons (Fsp3) is 0.200. The van der Waals surface area contributed by atoms with Gasteiger partial charge in [-0.15, -0.1) is 0 Å². The van der Waals surface area contributed by atoms with Crippen LogP contribution < -0.4 is 10.5 Å². The first kappa shape index (κ1) is 12.9. The molecular formula is C15H12BrN3O. The Morgan fingerprint density at radius 1 is 1.30 bits per heavy atom. The van der Waals surface area contributed by atoms with Gasteiger partial charge in [-0.1, -0.05) is 22.0 Å². The Hall–Kier alpha value is -2.06. The van der Waals surface area contributed by atoms with E-state index in [4.69, 9.17) is 5.26 Å². The lowest BCUT2D eigenvalue weighted by Crippen LogP contribution is -2.22. The van der Waals surface area contributed by atoms with Gasteiger partial charge in [-0.05, 0) is 36.8 Å². The number of hydrogen-bond acceptors (Lipinski definition) is 3. The zero-order valence-corrected chi connectivity index (χ0v) is 12.5. The molecule has 4 nitrogen and oxygen atoms in total. The molecule has 0 fully saturated rings. The average Bonchev–Trinajstić information content (AvgIpc) is 2.83. The quantitative estimate of drug-likeness (QED) is 0.808. The topological polar surface area (TPSA) is 49.0 Å². The van der Waals surface area contributed by atoms with Gasteiger partial charge in [-0.2, -0.15) is 5.26 Å². The van der Waals surface area contributed by atoms with Gasteiger partial charge >= 0.3 is 0 Å². The molecule has 100 valence electrons. The Kier molecular flexibility index (Phi) is 3.11. The van der Waals surface area contributed by atoms with E-state index in [1.807, 2.05) is 36.4 Å². The minimum Gasteiger partial charge on any atom is -0.326 e. The summed E-state index contributed by atoms with van der Waals surface area (Å²) in [6, 6.07) is 11.9. The summed E-state index contributed by atoms with van der Waals surface area (Å²) in [6.45, 7) is 3.15. The fourth-order valence-electron chi connectivity index (χ4n) is 2.55. The van der Waals surface area contributed by atoms with Crippen molar-refractivity contribution in [1.29, 1.82) is 5.26 Å². The van der Waals surface area contributed by atoms with Gasteiger partial charge in [-0.3, -0.25) is 9.36 Å². The summed E-state index contributed by atoms with van der Waals surface area (Å²) in [5.74, 6) is 0.851. The van der Waals surface area contributed by atoms with Crippen LogP contribution in [0.1, 0.15) is 11.1 Å². The first-order valence-corrected chi connectivity index (χ1v) is 7.09. The summed E-state index contributed by atoms with van der Waals surface area (Å²) in [5, 5.41) is 9.07. The van der Waals surface area contributed by atoms with E-state index in [9.17, 15) is 4.79 Å². The third kappa shape index (κ3) is 1.93. The lowest BCUT2D eigenvalue weighted by Gasteiger charge is -2.19. The molecule has 1 aliphatic rings. The van der Waals surface area contributed by atoms with Crippen LogP contribution in [-0.4, -0.2) is 11.1 Å². The van der Waals surface area contributed by atoms with Crippen LogP contribution in [0.4, 0.5) is 11.5 Å². The standard InChI is InChI=1S/C15H12BrN3O/c1-10-7-14-18(12-4-2-3-11(16)8-12)5-6-19(14)15(20)13(10)9-17/h2-4,7-8H,5-6H2,1H3.